The highest BCUT2D eigenvalue weighted by Gasteiger charge is 2.41. The summed E-state index contributed by atoms with van der Waals surface area (Å²) in [6, 6.07) is 7.28. The Bertz CT molecular complexity index is 481. The van der Waals surface area contributed by atoms with E-state index in [2.05, 4.69) is 19.2 Å². The van der Waals surface area contributed by atoms with Crippen LogP contribution in [0, 0.1) is 11.3 Å². The van der Waals surface area contributed by atoms with E-state index in [4.69, 9.17) is 9.84 Å². The fourth-order valence-electron chi connectivity index (χ4n) is 2.29. The summed E-state index contributed by atoms with van der Waals surface area (Å²) < 4.78 is 5.64. The first-order chi connectivity index (χ1) is 10.0. The highest BCUT2D eigenvalue weighted by atomic mass is 16.5. The average Bonchev–Trinajstić information content (AvgIpc) is 3.23. The van der Waals surface area contributed by atoms with Gasteiger partial charge in [0.2, 0.25) is 0 Å². The monoisotopic (exact) mass is 291 g/mol. The van der Waals surface area contributed by atoms with E-state index in [1.807, 2.05) is 12.1 Å². The lowest BCUT2D eigenvalue weighted by molar-refractivity contribution is 0.0940. The molecule has 4 nitrogen and oxygen atoms in total. The molecule has 1 fully saturated rings. The number of rotatable bonds is 8. The number of amides is 1. The van der Waals surface area contributed by atoms with Crippen LogP contribution >= 0.6 is 0 Å². The highest BCUT2D eigenvalue weighted by molar-refractivity contribution is 5.94. The molecule has 1 aromatic rings. The topological polar surface area (TPSA) is 58.6 Å². The number of benzene rings is 1. The fourth-order valence-corrected chi connectivity index (χ4v) is 2.29. The SMILES string of the molecule is CC(C)COc1cccc(C(=O)NCC2(CCO)CC2)c1. The van der Waals surface area contributed by atoms with E-state index < -0.39 is 0 Å². The minimum atomic E-state index is -0.0748. The first kappa shape index (κ1) is 15.8. The molecule has 0 heterocycles. The summed E-state index contributed by atoms with van der Waals surface area (Å²) in [6.07, 6.45) is 2.95. The Morgan fingerprint density at radius 3 is 2.81 bits per heavy atom. The van der Waals surface area contributed by atoms with Crippen molar-refractivity contribution in [3.8, 4) is 5.75 Å². The number of carbonyl (C=O) groups excluding carboxylic acids is 1. The average molecular weight is 291 g/mol. The molecule has 116 valence electrons. The number of carbonyl (C=O) groups is 1. The van der Waals surface area contributed by atoms with Gasteiger partial charge in [-0.25, -0.2) is 0 Å². The molecule has 0 unspecified atom stereocenters. The van der Waals surface area contributed by atoms with Gasteiger partial charge in [0.1, 0.15) is 5.75 Å². The zero-order valence-electron chi connectivity index (χ0n) is 12.9. The van der Waals surface area contributed by atoms with Crippen LogP contribution in [0.2, 0.25) is 0 Å². The first-order valence-electron chi connectivity index (χ1n) is 7.67. The van der Waals surface area contributed by atoms with Crippen LogP contribution in [-0.4, -0.2) is 30.8 Å². The summed E-state index contributed by atoms with van der Waals surface area (Å²) >= 11 is 0. The maximum absolute atomic E-state index is 12.2. The molecule has 0 bridgehead atoms. The fraction of sp³-hybridized carbons (Fsp3) is 0.588. The summed E-state index contributed by atoms with van der Waals surface area (Å²) in [5, 5.41) is 12.0. The van der Waals surface area contributed by atoms with Crippen LogP contribution in [0.3, 0.4) is 0 Å². The van der Waals surface area contributed by atoms with Gasteiger partial charge in [-0.2, -0.15) is 0 Å². The lowest BCUT2D eigenvalue weighted by Gasteiger charge is -2.15. The molecule has 1 aliphatic carbocycles. The van der Waals surface area contributed by atoms with Crippen LogP contribution in [0.25, 0.3) is 0 Å². The predicted octanol–water partition coefficient (Wildman–Crippen LogP) is 2.61. The second kappa shape index (κ2) is 6.94. The van der Waals surface area contributed by atoms with E-state index in [9.17, 15) is 4.79 Å². The van der Waals surface area contributed by atoms with Gasteiger partial charge in [0.05, 0.1) is 6.61 Å². The molecule has 2 rings (SSSR count). The molecule has 0 saturated heterocycles. The Morgan fingerprint density at radius 2 is 2.19 bits per heavy atom. The molecule has 1 amide bonds. The summed E-state index contributed by atoms with van der Waals surface area (Å²) in [5.41, 5.74) is 0.756. The van der Waals surface area contributed by atoms with Crippen LogP contribution < -0.4 is 10.1 Å². The molecule has 0 aromatic heterocycles. The third kappa shape index (κ3) is 4.74. The van der Waals surface area contributed by atoms with Crippen LogP contribution in [0.5, 0.6) is 5.75 Å². The van der Waals surface area contributed by atoms with Gasteiger partial charge in [-0.05, 0) is 48.8 Å². The lowest BCUT2D eigenvalue weighted by atomic mass is 10.0. The van der Waals surface area contributed by atoms with Gasteiger partial charge >= 0.3 is 0 Å². The first-order valence-corrected chi connectivity index (χ1v) is 7.67. The summed E-state index contributed by atoms with van der Waals surface area (Å²) in [4.78, 5) is 12.2. The standard InChI is InChI=1S/C17H25NO3/c1-13(2)11-21-15-5-3-4-14(10-15)16(20)18-12-17(6-7-17)8-9-19/h3-5,10,13,19H,6-9,11-12H2,1-2H3,(H,18,20). The number of nitrogens with one attached hydrogen (secondary N) is 1. The van der Waals surface area contributed by atoms with Gasteiger partial charge in [-0.15, -0.1) is 0 Å². The van der Waals surface area contributed by atoms with Gasteiger partial charge in [-0.3, -0.25) is 4.79 Å². The quantitative estimate of drug-likeness (QED) is 0.774. The van der Waals surface area contributed by atoms with E-state index in [1.54, 1.807) is 12.1 Å². The normalized spacial score (nSPS) is 15.8. The van der Waals surface area contributed by atoms with Crippen molar-refractivity contribution < 1.29 is 14.6 Å². The molecule has 1 aliphatic rings. The zero-order chi connectivity index (χ0) is 15.3. The third-order valence-electron chi connectivity index (χ3n) is 3.90. The number of hydrogen-bond donors (Lipinski definition) is 2. The smallest absolute Gasteiger partial charge is 0.251 e. The van der Waals surface area contributed by atoms with Crippen molar-refractivity contribution in [1.29, 1.82) is 0 Å². The van der Waals surface area contributed by atoms with Crippen molar-refractivity contribution in [3.63, 3.8) is 0 Å². The summed E-state index contributed by atoms with van der Waals surface area (Å²) in [7, 11) is 0. The van der Waals surface area contributed by atoms with Crippen molar-refractivity contribution in [2.24, 2.45) is 11.3 Å². The van der Waals surface area contributed by atoms with Gasteiger partial charge < -0.3 is 15.2 Å². The highest BCUT2D eigenvalue weighted by Crippen LogP contribution is 2.47. The molecule has 2 N–H and O–H groups in total. The molecule has 0 aliphatic heterocycles. The minimum Gasteiger partial charge on any atom is -0.493 e. The number of hydrogen-bond acceptors (Lipinski definition) is 3. The predicted molar refractivity (Wildman–Crippen MR) is 82.5 cm³/mol. The van der Waals surface area contributed by atoms with Crippen molar-refractivity contribution in [3.05, 3.63) is 29.8 Å². The zero-order valence-corrected chi connectivity index (χ0v) is 12.9. The largest absolute Gasteiger partial charge is 0.493 e. The van der Waals surface area contributed by atoms with Crippen molar-refractivity contribution in [2.75, 3.05) is 19.8 Å². The molecule has 1 aromatic carbocycles. The molecule has 4 heteroatoms. The second-order valence-corrected chi connectivity index (χ2v) is 6.39. The van der Waals surface area contributed by atoms with Gasteiger partial charge in [0.25, 0.3) is 5.91 Å². The number of aliphatic hydroxyl groups is 1. The third-order valence-corrected chi connectivity index (χ3v) is 3.90. The second-order valence-electron chi connectivity index (χ2n) is 6.39. The van der Waals surface area contributed by atoms with Crippen LogP contribution in [0.15, 0.2) is 24.3 Å². The Morgan fingerprint density at radius 1 is 1.43 bits per heavy atom. The minimum absolute atomic E-state index is 0.0748. The molecule has 21 heavy (non-hydrogen) atoms. The Labute approximate surface area is 126 Å². The Hall–Kier alpha value is -1.55. The van der Waals surface area contributed by atoms with Gasteiger partial charge in [0, 0.05) is 18.7 Å². The molecular weight excluding hydrogens is 266 g/mol. The molecule has 0 radical (unpaired) electrons. The molecule has 1 saturated carbocycles. The van der Waals surface area contributed by atoms with Gasteiger partial charge in [-0.1, -0.05) is 19.9 Å². The molecule has 0 spiro atoms. The Kier molecular flexibility index (Phi) is 5.23. The van der Waals surface area contributed by atoms with E-state index in [0.717, 1.165) is 25.0 Å². The molecule has 0 atom stereocenters. The van der Waals surface area contributed by atoms with E-state index in [0.29, 0.717) is 24.6 Å². The van der Waals surface area contributed by atoms with Crippen LogP contribution in [0.4, 0.5) is 0 Å². The maximum atomic E-state index is 12.2. The summed E-state index contributed by atoms with van der Waals surface area (Å²) in [6.45, 7) is 5.65. The number of aliphatic hydroxyl groups excluding tert-OH is 1. The lowest BCUT2D eigenvalue weighted by Crippen LogP contribution is -2.30. The van der Waals surface area contributed by atoms with Crippen LogP contribution in [0.1, 0.15) is 43.5 Å². The van der Waals surface area contributed by atoms with Crippen molar-refractivity contribution >= 4 is 5.91 Å². The molecular formula is C17H25NO3. The van der Waals surface area contributed by atoms with E-state index >= 15 is 0 Å². The summed E-state index contributed by atoms with van der Waals surface area (Å²) in [5.74, 6) is 1.11. The van der Waals surface area contributed by atoms with E-state index in [1.165, 1.54) is 0 Å². The Balaban J connectivity index is 1.88. The van der Waals surface area contributed by atoms with Crippen LogP contribution in [-0.2, 0) is 0 Å². The van der Waals surface area contributed by atoms with Crippen molar-refractivity contribution in [2.45, 2.75) is 33.1 Å². The maximum Gasteiger partial charge on any atom is 0.251 e. The van der Waals surface area contributed by atoms with Gasteiger partial charge in [0.15, 0.2) is 0 Å². The number of ether oxygens (including phenoxy) is 1. The van der Waals surface area contributed by atoms with Crippen molar-refractivity contribution in [1.82, 2.24) is 5.32 Å². The van der Waals surface area contributed by atoms with E-state index in [-0.39, 0.29) is 17.9 Å².